The van der Waals surface area contributed by atoms with Gasteiger partial charge < -0.3 is 5.73 Å². The average molecular weight is 195 g/mol. The van der Waals surface area contributed by atoms with Crippen LogP contribution in [0.3, 0.4) is 0 Å². The van der Waals surface area contributed by atoms with Crippen LogP contribution in [0.15, 0.2) is 11.4 Å². The van der Waals surface area contributed by atoms with Crippen LogP contribution < -0.4 is 5.73 Å². The normalized spacial score (nSPS) is 21.5. The van der Waals surface area contributed by atoms with E-state index in [0.29, 0.717) is 5.41 Å². The summed E-state index contributed by atoms with van der Waals surface area (Å²) in [6.07, 6.45) is 3.87. The molecule has 0 aromatic carbocycles. The van der Waals surface area contributed by atoms with Crippen molar-refractivity contribution in [1.29, 1.82) is 0 Å². The van der Waals surface area contributed by atoms with E-state index in [9.17, 15) is 0 Å². The van der Waals surface area contributed by atoms with E-state index < -0.39 is 0 Å². The first-order chi connectivity index (χ1) is 6.19. The summed E-state index contributed by atoms with van der Waals surface area (Å²) in [6.45, 7) is 4.42. The zero-order valence-electron chi connectivity index (χ0n) is 8.34. The standard InChI is InChI=1S/C11H17NS/c1-3-11(5-6-11)10(12)9-8(2)4-7-13-9/h4,7,10H,3,5-6,12H2,1-2H3. The number of nitrogens with two attached hydrogens (primary N) is 1. The molecule has 0 aliphatic heterocycles. The second-order valence-corrected chi connectivity index (χ2v) is 5.11. The van der Waals surface area contributed by atoms with Gasteiger partial charge in [-0.05, 0) is 48.6 Å². The molecule has 2 rings (SSSR count). The highest BCUT2D eigenvalue weighted by molar-refractivity contribution is 7.10. The minimum Gasteiger partial charge on any atom is -0.323 e. The molecule has 72 valence electrons. The van der Waals surface area contributed by atoms with Gasteiger partial charge in [0.15, 0.2) is 0 Å². The van der Waals surface area contributed by atoms with E-state index in [1.54, 1.807) is 0 Å². The Morgan fingerprint density at radius 3 is 2.69 bits per heavy atom. The van der Waals surface area contributed by atoms with Gasteiger partial charge in [-0.2, -0.15) is 0 Å². The van der Waals surface area contributed by atoms with Gasteiger partial charge in [0.05, 0.1) is 0 Å². The summed E-state index contributed by atoms with van der Waals surface area (Å²) in [5.74, 6) is 0. The lowest BCUT2D eigenvalue weighted by atomic mass is 9.92. The van der Waals surface area contributed by atoms with Crippen LogP contribution in [0.25, 0.3) is 0 Å². The van der Waals surface area contributed by atoms with Crippen LogP contribution in [-0.4, -0.2) is 0 Å². The molecule has 0 spiro atoms. The summed E-state index contributed by atoms with van der Waals surface area (Å²) in [7, 11) is 0. The molecule has 1 unspecified atom stereocenters. The largest absolute Gasteiger partial charge is 0.323 e. The molecule has 1 saturated carbocycles. The molecule has 2 N–H and O–H groups in total. The number of rotatable bonds is 3. The summed E-state index contributed by atoms with van der Waals surface area (Å²) < 4.78 is 0. The summed E-state index contributed by atoms with van der Waals surface area (Å²) in [6, 6.07) is 2.46. The number of aryl methyl sites for hydroxylation is 1. The van der Waals surface area contributed by atoms with Gasteiger partial charge in [-0.15, -0.1) is 11.3 Å². The van der Waals surface area contributed by atoms with Crippen molar-refractivity contribution in [2.75, 3.05) is 0 Å². The molecule has 1 atom stereocenters. The van der Waals surface area contributed by atoms with Crippen molar-refractivity contribution in [3.8, 4) is 0 Å². The molecule has 0 bridgehead atoms. The van der Waals surface area contributed by atoms with Crippen LogP contribution in [0, 0.1) is 12.3 Å². The van der Waals surface area contributed by atoms with E-state index in [-0.39, 0.29) is 6.04 Å². The van der Waals surface area contributed by atoms with Gasteiger partial charge in [0, 0.05) is 10.9 Å². The molecule has 0 radical (unpaired) electrons. The van der Waals surface area contributed by atoms with Crippen LogP contribution >= 0.6 is 11.3 Å². The first-order valence-electron chi connectivity index (χ1n) is 4.99. The zero-order chi connectivity index (χ0) is 9.47. The van der Waals surface area contributed by atoms with E-state index >= 15 is 0 Å². The molecule has 1 aromatic rings. The second kappa shape index (κ2) is 3.10. The van der Waals surface area contributed by atoms with Crippen molar-refractivity contribution >= 4 is 11.3 Å². The van der Waals surface area contributed by atoms with Crippen LogP contribution in [-0.2, 0) is 0 Å². The van der Waals surface area contributed by atoms with Crippen LogP contribution in [0.1, 0.15) is 42.7 Å². The van der Waals surface area contributed by atoms with E-state index in [1.165, 1.54) is 29.7 Å². The maximum Gasteiger partial charge on any atom is 0.0449 e. The maximum atomic E-state index is 6.30. The molecule has 1 aromatic heterocycles. The fraction of sp³-hybridized carbons (Fsp3) is 0.636. The Balaban J connectivity index is 2.22. The van der Waals surface area contributed by atoms with E-state index in [1.807, 2.05) is 11.3 Å². The summed E-state index contributed by atoms with van der Waals surface area (Å²) >= 11 is 1.81. The maximum absolute atomic E-state index is 6.30. The molecular weight excluding hydrogens is 178 g/mol. The summed E-state index contributed by atoms with van der Waals surface area (Å²) in [4.78, 5) is 1.40. The molecule has 0 saturated heterocycles. The third-order valence-corrected chi connectivity index (χ3v) is 4.54. The Kier molecular flexibility index (Phi) is 2.20. The minimum atomic E-state index is 0.289. The summed E-state index contributed by atoms with van der Waals surface area (Å²) in [5.41, 5.74) is 8.13. The minimum absolute atomic E-state index is 0.289. The molecule has 0 amide bonds. The van der Waals surface area contributed by atoms with Gasteiger partial charge >= 0.3 is 0 Å². The molecule has 1 nitrogen and oxygen atoms in total. The Hall–Kier alpha value is -0.340. The van der Waals surface area contributed by atoms with Crippen molar-refractivity contribution in [2.45, 2.75) is 39.2 Å². The highest BCUT2D eigenvalue weighted by atomic mass is 32.1. The number of hydrogen-bond acceptors (Lipinski definition) is 2. The number of hydrogen-bond donors (Lipinski definition) is 1. The fourth-order valence-electron chi connectivity index (χ4n) is 2.03. The SMILES string of the molecule is CCC1(C(N)c2sccc2C)CC1. The quantitative estimate of drug-likeness (QED) is 0.787. The van der Waals surface area contributed by atoms with Crippen molar-refractivity contribution in [3.63, 3.8) is 0 Å². The van der Waals surface area contributed by atoms with Crippen LogP contribution in [0.5, 0.6) is 0 Å². The predicted molar refractivity (Wildman–Crippen MR) is 57.9 cm³/mol. The van der Waals surface area contributed by atoms with Gasteiger partial charge in [-0.1, -0.05) is 6.92 Å². The fourth-order valence-corrected chi connectivity index (χ4v) is 3.10. The molecular formula is C11H17NS. The smallest absolute Gasteiger partial charge is 0.0449 e. The van der Waals surface area contributed by atoms with Crippen molar-refractivity contribution in [3.05, 3.63) is 21.9 Å². The average Bonchev–Trinajstić information content (AvgIpc) is 2.83. The van der Waals surface area contributed by atoms with E-state index in [4.69, 9.17) is 5.73 Å². The molecule has 1 aliphatic carbocycles. The molecule has 1 aliphatic rings. The van der Waals surface area contributed by atoms with E-state index in [0.717, 1.165) is 0 Å². The third-order valence-electron chi connectivity index (χ3n) is 3.44. The monoisotopic (exact) mass is 195 g/mol. The predicted octanol–water partition coefficient (Wildman–Crippen LogP) is 3.25. The van der Waals surface area contributed by atoms with Crippen molar-refractivity contribution in [1.82, 2.24) is 0 Å². The van der Waals surface area contributed by atoms with Gasteiger partial charge in [0.25, 0.3) is 0 Å². The van der Waals surface area contributed by atoms with Crippen LogP contribution in [0.2, 0.25) is 0 Å². The van der Waals surface area contributed by atoms with Gasteiger partial charge in [0.2, 0.25) is 0 Å². The van der Waals surface area contributed by atoms with Gasteiger partial charge in [0.1, 0.15) is 0 Å². The van der Waals surface area contributed by atoms with E-state index in [2.05, 4.69) is 25.3 Å². The molecule has 2 heteroatoms. The zero-order valence-corrected chi connectivity index (χ0v) is 9.16. The summed E-state index contributed by atoms with van der Waals surface area (Å²) in [5, 5.41) is 2.15. The van der Waals surface area contributed by atoms with Crippen LogP contribution in [0.4, 0.5) is 0 Å². The third kappa shape index (κ3) is 1.42. The lowest BCUT2D eigenvalue weighted by Crippen LogP contribution is -2.21. The molecule has 1 fully saturated rings. The Morgan fingerprint density at radius 1 is 1.62 bits per heavy atom. The first kappa shape index (κ1) is 9.22. The Morgan fingerprint density at radius 2 is 2.31 bits per heavy atom. The van der Waals surface area contributed by atoms with Crippen molar-refractivity contribution in [2.24, 2.45) is 11.1 Å². The second-order valence-electron chi connectivity index (χ2n) is 4.16. The lowest BCUT2D eigenvalue weighted by Gasteiger charge is -2.21. The Labute approximate surface area is 84.0 Å². The lowest BCUT2D eigenvalue weighted by molar-refractivity contribution is 0.398. The highest BCUT2D eigenvalue weighted by Gasteiger charge is 2.47. The van der Waals surface area contributed by atoms with Crippen molar-refractivity contribution < 1.29 is 0 Å². The highest BCUT2D eigenvalue weighted by Crippen LogP contribution is 2.57. The first-order valence-corrected chi connectivity index (χ1v) is 5.87. The van der Waals surface area contributed by atoms with Gasteiger partial charge in [-0.3, -0.25) is 0 Å². The Bertz CT molecular complexity index is 299. The van der Waals surface area contributed by atoms with Gasteiger partial charge in [-0.25, -0.2) is 0 Å². The molecule has 1 heterocycles. The topological polar surface area (TPSA) is 26.0 Å². The molecule has 13 heavy (non-hydrogen) atoms. The number of thiophene rings is 1.